The number of nitriles is 1. The van der Waals surface area contributed by atoms with Crippen molar-refractivity contribution in [3.63, 3.8) is 0 Å². The van der Waals surface area contributed by atoms with Crippen molar-refractivity contribution in [2.24, 2.45) is 5.41 Å². The summed E-state index contributed by atoms with van der Waals surface area (Å²) in [6.07, 6.45) is 3.26. The number of nitrogens with zero attached hydrogens (tertiary/aromatic N) is 1. The Bertz CT molecular complexity index is 130. The van der Waals surface area contributed by atoms with Gasteiger partial charge in [0.15, 0.2) is 0 Å². The monoisotopic (exact) mass is 124 g/mol. The molecular weight excluding hydrogens is 112 g/mol. The van der Waals surface area contributed by atoms with Crippen molar-refractivity contribution < 1.29 is 0 Å². The second-order valence-corrected chi connectivity index (χ2v) is 2.75. The van der Waals surface area contributed by atoms with Gasteiger partial charge in [-0.15, -0.1) is 0 Å². The first-order valence-electron chi connectivity index (χ1n) is 3.39. The van der Waals surface area contributed by atoms with Crippen LogP contribution >= 0.6 is 0 Å². The van der Waals surface area contributed by atoms with E-state index >= 15 is 0 Å². The highest BCUT2D eigenvalue weighted by atomic mass is 14.8. The molecule has 0 radical (unpaired) electrons. The summed E-state index contributed by atoms with van der Waals surface area (Å²) < 4.78 is 0. The van der Waals surface area contributed by atoms with E-state index in [-0.39, 0.29) is 5.41 Å². The van der Waals surface area contributed by atoms with E-state index in [4.69, 9.17) is 5.26 Å². The highest BCUT2D eigenvalue weighted by molar-refractivity contribution is 5.09. The lowest BCUT2D eigenvalue weighted by molar-refractivity contribution is 0.570. The first kappa shape index (κ1) is 6.57. The van der Waals surface area contributed by atoms with E-state index in [1.54, 1.807) is 0 Å². The van der Waals surface area contributed by atoms with Crippen molar-refractivity contribution in [1.82, 2.24) is 5.32 Å². The van der Waals surface area contributed by atoms with Crippen LogP contribution in [-0.4, -0.2) is 13.6 Å². The third-order valence-corrected chi connectivity index (χ3v) is 1.94. The second-order valence-electron chi connectivity index (χ2n) is 2.75. The Labute approximate surface area is 55.9 Å². The predicted molar refractivity (Wildman–Crippen MR) is 35.8 cm³/mol. The Hall–Kier alpha value is -0.550. The molecule has 1 saturated carbocycles. The van der Waals surface area contributed by atoms with Gasteiger partial charge in [-0.2, -0.15) is 5.26 Å². The maximum atomic E-state index is 8.61. The van der Waals surface area contributed by atoms with Crippen LogP contribution in [0.4, 0.5) is 0 Å². The number of hydrogen-bond donors (Lipinski definition) is 1. The summed E-state index contributed by atoms with van der Waals surface area (Å²) in [5.74, 6) is 0. The highest BCUT2D eigenvalue weighted by Gasteiger charge is 2.41. The van der Waals surface area contributed by atoms with E-state index in [9.17, 15) is 0 Å². The second kappa shape index (κ2) is 2.36. The average molecular weight is 124 g/mol. The van der Waals surface area contributed by atoms with Gasteiger partial charge >= 0.3 is 0 Å². The maximum Gasteiger partial charge on any atom is 0.0690 e. The molecule has 0 atom stereocenters. The molecule has 0 aromatic rings. The van der Waals surface area contributed by atoms with Gasteiger partial charge in [0.25, 0.3) is 0 Å². The van der Waals surface area contributed by atoms with Gasteiger partial charge in [0.2, 0.25) is 0 Å². The first-order valence-corrected chi connectivity index (χ1v) is 3.39. The zero-order valence-electron chi connectivity index (χ0n) is 5.78. The standard InChI is InChI=1S/C7H12N2/c1-9-5-4-7(6-8)2-3-7/h9H,2-5H2,1H3. The van der Waals surface area contributed by atoms with E-state index in [2.05, 4.69) is 11.4 Å². The molecule has 0 heterocycles. The molecular formula is C7H12N2. The van der Waals surface area contributed by atoms with Crippen LogP contribution in [0.25, 0.3) is 0 Å². The minimum atomic E-state index is 0.0863. The zero-order chi connectivity index (χ0) is 6.74. The van der Waals surface area contributed by atoms with E-state index < -0.39 is 0 Å². The fourth-order valence-electron chi connectivity index (χ4n) is 0.933. The van der Waals surface area contributed by atoms with Crippen LogP contribution in [0.15, 0.2) is 0 Å². The molecule has 1 N–H and O–H groups in total. The van der Waals surface area contributed by atoms with E-state index in [1.165, 1.54) is 0 Å². The Kier molecular flexibility index (Phi) is 1.73. The minimum Gasteiger partial charge on any atom is -0.320 e. The maximum absolute atomic E-state index is 8.61. The molecule has 0 aromatic carbocycles. The quantitative estimate of drug-likeness (QED) is 0.606. The van der Waals surface area contributed by atoms with Gasteiger partial charge in [0, 0.05) is 0 Å². The normalized spacial score (nSPS) is 20.9. The van der Waals surface area contributed by atoms with Gasteiger partial charge in [-0.3, -0.25) is 0 Å². The third-order valence-electron chi connectivity index (χ3n) is 1.94. The molecule has 0 unspecified atom stereocenters. The molecule has 1 rings (SSSR count). The van der Waals surface area contributed by atoms with Gasteiger partial charge in [-0.1, -0.05) is 0 Å². The molecule has 0 spiro atoms. The number of rotatable bonds is 3. The molecule has 1 fully saturated rings. The molecule has 9 heavy (non-hydrogen) atoms. The topological polar surface area (TPSA) is 35.8 Å². The Morgan fingerprint density at radius 3 is 2.67 bits per heavy atom. The Morgan fingerprint density at radius 2 is 2.33 bits per heavy atom. The molecule has 0 aliphatic heterocycles. The molecule has 0 amide bonds. The lowest BCUT2D eigenvalue weighted by Gasteiger charge is -2.01. The van der Waals surface area contributed by atoms with Crippen LogP contribution in [0.1, 0.15) is 19.3 Å². The van der Waals surface area contributed by atoms with Crippen molar-refractivity contribution in [3.8, 4) is 6.07 Å². The molecule has 0 bridgehead atoms. The average Bonchev–Trinajstić information content (AvgIpc) is 2.65. The summed E-state index contributed by atoms with van der Waals surface area (Å²) in [6.45, 7) is 0.980. The van der Waals surface area contributed by atoms with Crippen LogP contribution in [0.2, 0.25) is 0 Å². The van der Waals surface area contributed by atoms with E-state index in [1.807, 2.05) is 7.05 Å². The lowest BCUT2D eigenvalue weighted by Crippen LogP contribution is -2.12. The fourth-order valence-corrected chi connectivity index (χ4v) is 0.933. The van der Waals surface area contributed by atoms with Gasteiger partial charge in [-0.05, 0) is 32.9 Å². The lowest BCUT2D eigenvalue weighted by atomic mass is 10.1. The zero-order valence-corrected chi connectivity index (χ0v) is 5.78. The summed E-state index contributed by atoms with van der Waals surface area (Å²) in [4.78, 5) is 0. The Balaban J connectivity index is 2.20. The highest BCUT2D eigenvalue weighted by Crippen LogP contribution is 2.47. The van der Waals surface area contributed by atoms with Gasteiger partial charge in [-0.25, -0.2) is 0 Å². The fraction of sp³-hybridized carbons (Fsp3) is 0.857. The van der Waals surface area contributed by atoms with Gasteiger partial charge in [0.05, 0.1) is 11.5 Å². The van der Waals surface area contributed by atoms with Crippen LogP contribution in [0, 0.1) is 16.7 Å². The molecule has 50 valence electrons. The van der Waals surface area contributed by atoms with Crippen molar-refractivity contribution in [3.05, 3.63) is 0 Å². The van der Waals surface area contributed by atoms with E-state index in [0.29, 0.717) is 0 Å². The van der Waals surface area contributed by atoms with Crippen LogP contribution in [0.5, 0.6) is 0 Å². The van der Waals surface area contributed by atoms with Crippen LogP contribution < -0.4 is 5.32 Å². The molecule has 0 saturated heterocycles. The third kappa shape index (κ3) is 1.43. The Morgan fingerprint density at radius 1 is 1.67 bits per heavy atom. The summed E-state index contributed by atoms with van der Waals surface area (Å²) in [5.41, 5.74) is 0.0863. The molecule has 0 aromatic heterocycles. The largest absolute Gasteiger partial charge is 0.320 e. The SMILES string of the molecule is CNCCC1(C#N)CC1. The van der Waals surface area contributed by atoms with Crippen molar-refractivity contribution >= 4 is 0 Å². The van der Waals surface area contributed by atoms with Crippen LogP contribution in [-0.2, 0) is 0 Å². The first-order chi connectivity index (χ1) is 4.33. The summed E-state index contributed by atoms with van der Waals surface area (Å²) >= 11 is 0. The number of nitrogens with one attached hydrogen (secondary N) is 1. The summed E-state index contributed by atoms with van der Waals surface area (Å²) in [6, 6.07) is 2.35. The molecule has 1 aliphatic carbocycles. The summed E-state index contributed by atoms with van der Waals surface area (Å²) in [7, 11) is 1.92. The predicted octanol–water partition coefficient (Wildman–Crippen LogP) is 0.900. The van der Waals surface area contributed by atoms with Crippen molar-refractivity contribution in [1.29, 1.82) is 5.26 Å². The smallest absolute Gasteiger partial charge is 0.0690 e. The molecule has 1 aliphatic rings. The number of hydrogen-bond acceptors (Lipinski definition) is 2. The van der Waals surface area contributed by atoms with Crippen molar-refractivity contribution in [2.45, 2.75) is 19.3 Å². The molecule has 2 heteroatoms. The van der Waals surface area contributed by atoms with Gasteiger partial charge < -0.3 is 5.32 Å². The van der Waals surface area contributed by atoms with Crippen LogP contribution in [0.3, 0.4) is 0 Å². The summed E-state index contributed by atoms with van der Waals surface area (Å²) in [5, 5.41) is 11.7. The van der Waals surface area contributed by atoms with Crippen molar-refractivity contribution in [2.75, 3.05) is 13.6 Å². The van der Waals surface area contributed by atoms with E-state index in [0.717, 1.165) is 25.8 Å². The molecule has 2 nitrogen and oxygen atoms in total. The van der Waals surface area contributed by atoms with Gasteiger partial charge in [0.1, 0.15) is 0 Å². The minimum absolute atomic E-state index is 0.0863.